The van der Waals surface area contributed by atoms with Gasteiger partial charge in [-0.3, -0.25) is 4.90 Å². The van der Waals surface area contributed by atoms with Crippen molar-refractivity contribution in [1.29, 1.82) is 0 Å². The molecule has 94 valence electrons. The number of nitrogens with one attached hydrogen (secondary N) is 1. The van der Waals surface area contributed by atoms with E-state index in [0.717, 1.165) is 17.4 Å². The summed E-state index contributed by atoms with van der Waals surface area (Å²) in [6, 6.07) is 0.711. The third-order valence-electron chi connectivity index (χ3n) is 3.17. The molecule has 0 aliphatic carbocycles. The smallest absolute Gasteiger partial charge is 0.187 e. The second-order valence-corrected chi connectivity index (χ2v) is 5.97. The zero-order valence-electron chi connectivity index (χ0n) is 10.7. The highest BCUT2D eigenvalue weighted by Crippen LogP contribution is 2.24. The lowest BCUT2D eigenvalue weighted by Crippen LogP contribution is -2.36. The molecule has 1 aromatic rings. The van der Waals surface area contributed by atoms with Crippen LogP contribution in [-0.4, -0.2) is 22.5 Å². The minimum atomic E-state index is 0.711. The van der Waals surface area contributed by atoms with Gasteiger partial charge < -0.3 is 5.32 Å². The van der Waals surface area contributed by atoms with Crippen LogP contribution in [0.4, 0.5) is 5.13 Å². The molecule has 0 radical (unpaired) electrons. The molecule has 1 aromatic heterocycles. The van der Waals surface area contributed by atoms with Crippen LogP contribution in [0.3, 0.4) is 0 Å². The lowest BCUT2D eigenvalue weighted by molar-refractivity contribution is 0.154. The van der Waals surface area contributed by atoms with E-state index < -0.39 is 0 Å². The van der Waals surface area contributed by atoms with Gasteiger partial charge >= 0.3 is 0 Å². The van der Waals surface area contributed by atoms with Crippen LogP contribution in [0, 0.1) is 0 Å². The van der Waals surface area contributed by atoms with Gasteiger partial charge in [-0.15, -0.1) is 11.3 Å². The van der Waals surface area contributed by atoms with Gasteiger partial charge in [-0.05, 0) is 33.2 Å². The summed E-state index contributed by atoms with van der Waals surface area (Å²) in [5.41, 5.74) is 0.942. The van der Waals surface area contributed by atoms with Crippen LogP contribution in [0.5, 0.6) is 0 Å². The van der Waals surface area contributed by atoms with Crippen molar-refractivity contribution in [3.63, 3.8) is 0 Å². The largest absolute Gasteiger partial charge is 0.336 e. The monoisotopic (exact) mass is 251 g/mol. The van der Waals surface area contributed by atoms with E-state index in [1.165, 1.54) is 30.7 Å². The van der Waals surface area contributed by atoms with Crippen LogP contribution in [0.15, 0.2) is 18.5 Å². The molecule has 0 aromatic carbocycles. The van der Waals surface area contributed by atoms with E-state index in [0.29, 0.717) is 6.04 Å². The molecule has 4 heteroatoms. The SMILES string of the molecule is C=C(C)Nc1ncc(CN2CCCCC2C)s1. The van der Waals surface area contributed by atoms with E-state index in [-0.39, 0.29) is 0 Å². The van der Waals surface area contributed by atoms with Crippen LogP contribution in [0.1, 0.15) is 38.0 Å². The maximum atomic E-state index is 4.37. The molecule has 1 N–H and O–H groups in total. The molecule has 1 aliphatic rings. The molecule has 1 unspecified atom stereocenters. The van der Waals surface area contributed by atoms with Gasteiger partial charge in [0, 0.05) is 29.4 Å². The van der Waals surface area contributed by atoms with Crippen molar-refractivity contribution >= 4 is 16.5 Å². The van der Waals surface area contributed by atoms with Crippen molar-refractivity contribution in [2.24, 2.45) is 0 Å². The predicted molar refractivity (Wildman–Crippen MR) is 74.3 cm³/mol. The van der Waals surface area contributed by atoms with Gasteiger partial charge in [0.05, 0.1) is 0 Å². The highest BCUT2D eigenvalue weighted by Gasteiger charge is 2.18. The number of hydrogen-bond donors (Lipinski definition) is 1. The van der Waals surface area contributed by atoms with Crippen molar-refractivity contribution < 1.29 is 0 Å². The zero-order chi connectivity index (χ0) is 12.3. The Morgan fingerprint density at radius 2 is 2.47 bits per heavy atom. The minimum absolute atomic E-state index is 0.711. The molecular weight excluding hydrogens is 230 g/mol. The van der Waals surface area contributed by atoms with Crippen LogP contribution in [-0.2, 0) is 6.54 Å². The summed E-state index contributed by atoms with van der Waals surface area (Å²) in [5, 5.41) is 4.12. The van der Waals surface area contributed by atoms with Crippen LogP contribution >= 0.6 is 11.3 Å². The topological polar surface area (TPSA) is 28.2 Å². The second-order valence-electron chi connectivity index (χ2n) is 4.85. The van der Waals surface area contributed by atoms with E-state index >= 15 is 0 Å². The molecule has 0 saturated carbocycles. The summed E-state index contributed by atoms with van der Waals surface area (Å²) in [5.74, 6) is 0. The van der Waals surface area contributed by atoms with Crippen LogP contribution < -0.4 is 5.32 Å². The van der Waals surface area contributed by atoms with E-state index in [1.807, 2.05) is 13.1 Å². The molecule has 1 aliphatic heterocycles. The molecule has 3 nitrogen and oxygen atoms in total. The molecule has 1 fully saturated rings. The van der Waals surface area contributed by atoms with Gasteiger partial charge in [0.15, 0.2) is 5.13 Å². The van der Waals surface area contributed by atoms with E-state index in [1.54, 1.807) is 11.3 Å². The highest BCUT2D eigenvalue weighted by atomic mass is 32.1. The molecule has 0 spiro atoms. The maximum absolute atomic E-state index is 4.37. The average molecular weight is 251 g/mol. The number of piperidine rings is 1. The maximum Gasteiger partial charge on any atom is 0.187 e. The molecule has 2 rings (SSSR count). The van der Waals surface area contributed by atoms with Crippen molar-refractivity contribution in [2.75, 3.05) is 11.9 Å². The second kappa shape index (κ2) is 5.65. The van der Waals surface area contributed by atoms with E-state index in [9.17, 15) is 0 Å². The quantitative estimate of drug-likeness (QED) is 0.888. The van der Waals surface area contributed by atoms with Crippen molar-refractivity contribution in [1.82, 2.24) is 9.88 Å². The molecule has 2 heterocycles. The van der Waals surface area contributed by atoms with Crippen molar-refractivity contribution in [3.8, 4) is 0 Å². The minimum Gasteiger partial charge on any atom is -0.336 e. The third kappa shape index (κ3) is 3.54. The number of allylic oxidation sites excluding steroid dienone is 1. The number of rotatable bonds is 4. The van der Waals surface area contributed by atoms with Crippen molar-refractivity contribution in [3.05, 3.63) is 23.3 Å². The van der Waals surface area contributed by atoms with E-state index in [4.69, 9.17) is 0 Å². The Balaban J connectivity index is 1.93. The van der Waals surface area contributed by atoms with Gasteiger partial charge in [-0.2, -0.15) is 0 Å². The Labute approximate surface area is 108 Å². The predicted octanol–water partition coefficient (Wildman–Crippen LogP) is 3.46. The molecule has 0 bridgehead atoms. The van der Waals surface area contributed by atoms with Crippen LogP contribution in [0.2, 0.25) is 0 Å². The molecule has 1 atom stereocenters. The number of nitrogens with zero attached hydrogens (tertiary/aromatic N) is 2. The van der Waals surface area contributed by atoms with Gasteiger partial charge in [-0.25, -0.2) is 4.98 Å². The first-order valence-corrected chi connectivity index (χ1v) is 7.08. The van der Waals surface area contributed by atoms with Crippen LogP contribution in [0.25, 0.3) is 0 Å². The lowest BCUT2D eigenvalue weighted by Gasteiger charge is -2.32. The highest BCUT2D eigenvalue weighted by molar-refractivity contribution is 7.15. The Bertz CT molecular complexity index is 386. The first-order chi connectivity index (χ1) is 8.15. The summed E-state index contributed by atoms with van der Waals surface area (Å²) < 4.78 is 0. The Morgan fingerprint density at radius 1 is 1.65 bits per heavy atom. The molecular formula is C13H21N3S. The standard InChI is InChI=1S/C13H21N3S/c1-10(2)15-13-14-8-12(17-13)9-16-7-5-4-6-11(16)3/h8,11H,1,4-7,9H2,2-3H3,(H,14,15). The number of anilines is 1. The fourth-order valence-electron chi connectivity index (χ4n) is 2.21. The first-order valence-electron chi connectivity index (χ1n) is 6.26. The fraction of sp³-hybridized carbons (Fsp3) is 0.615. The molecule has 1 saturated heterocycles. The lowest BCUT2D eigenvalue weighted by atomic mass is 10.0. The summed E-state index contributed by atoms with van der Waals surface area (Å²) >= 11 is 1.73. The zero-order valence-corrected chi connectivity index (χ0v) is 11.5. The Morgan fingerprint density at radius 3 is 3.18 bits per heavy atom. The number of likely N-dealkylation sites (tertiary alicyclic amines) is 1. The number of hydrogen-bond acceptors (Lipinski definition) is 4. The number of aromatic nitrogens is 1. The number of thiazole rings is 1. The van der Waals surface area contributed by atoms with Gasteiger partial charge in [-0.1, -0.05) is 13.0 Å². The molecule has 17 heavy (non-hydrogen) atoms. The van der Waals surface area contributed by atoms with Crippen molar-refractivity contribution in [2.45, 2.75) is 45.7 Å². The fourth-order valence-corrected chi connectivity index (χ4v) is 3.13. The summed E-state index contributed by atoms with van der Waals surface area (Å²) in [6.45, 7) is 10.4. The average Bonchev–Trinajstić information content (AvgIpc) is 2.68. The summed E-state index contributed by atoms with van der Waals surface area (Å²) in [4.78, 5) is 8.26. The van der Waals surface area contributed by atoms with E-state index in [2.05, 4.69) is 28.7 Å². The Kier molecular flexibility index (Phi) is 4.18. The van der Waals surface area contributed by atoms with Gasteiger partial charge in [0.25, 0.3) is 0 Å². The van der Waals surface area contributed by atoms with Gasteiger partial charge in [0.1, 0.15) is 0 Å². The summed E-state index contributed by atoms with van der Waals surface area (Å²) in [7, 11) is 0. The molecule has 0 amide bonds. The normalized spacial score (nSPS) is 21.4. The summed E-state index contributed by atoms with van der Waals surface area (Å²) in [6.07, 6.45) is 6.02. The third-order valence-corrected chi connectivity index (χ3v) is 4.07. The van der Waals surface area contributed by atoms with Gasteiger partial charge in [0.2, 0.25) is 0 Å². The first kappa shape index (κ1) is 12.6. The Hall–Kier alpha value is -0.870.